The number of amides is 1. The van der Waals surface area contributed by atoms with E-state index in [9.17, 15) is 20.1 Å². The molecule has 0 aliphatic rings. The van der Waals surface area contributed by atoms with Crippen LogP contribution < -0.4 is 5.32 Å². The summed E-state index contributed by atoms with van der Waals surface area (Å²) in [5, 5.41) is 33.7. The number of carbonyl (C=O) groups excluding carboxylic acids is 1. The van der Waals surface area contributed by atoms with Gasteiger partial charge in [0.25, 0.3) is 0 Å². The normalized spacial score (nSPS) is 13.3. The van der Waals surface area contributed by atoms with Crippen molar-refractivity contribution in [3.05, 3.63) is 12.2 Å². The standard InChI is InChI=1S/C55H109NO4/c1-3-5-7-9-11-13-15-17-19-21-22-23-24-25-26-27-28-29-30-31-32-33-34-36-38-40-42-44-46-48-50-54(59)56-52(51-57)55(60)53(58)49-47-45-43-41-39-37-35-20-18-16-14-12-10-8-6-4-2/h25-26,52-53,55,57-58,60H,3-24,27-51H2,1-2H3,(H,56,59)/b26-25-. The van der Waals surface area contributed by atoms with Crippen molar-refractivity contribution >= 4 is 5.91 Å². The van der Waals surface area contributed by atoms with Crippen molar-refractivity contribution in [1.29, 1.82) is 0 Å². The maximum Gasteiger partial charge on any atom is 0.220 e. The summed E-state index contributed by atoms with van der Waals surface area (Å²) in [5.41, 5.74) is 0. The molecule has 5 nitrogen and oxygen atoms in total. The molecule has 0 radical (unpaired) electrons. The summed E-state index contributed by atoms with van der Waals surface area (Å²) >= 11 is 0. The molecular weight excluding hydrogens is 739 g/mol. The van der Waals surface area contributed by atoms with E-state index >= 15 is 0 Å². The topological polar surface area (TPSA) is 89.8 Å². The number of aliphatic hydroxyl groups excluding tert-OH is 3. The van der Waals surface area contributed by atoms with Crippen LogP contribution in [0.1, 0.15) is 309 Å². The van der Waals surface area contributed by atoms with Gasteiger partial charge in [0, 0.05) is 6.42 Å². The molecule has 1 amide bonds. The highest BCUT2D eigenvalue weighted by Crippen LogP contribution is 2.18. The lowest BCUT2D eigenvalue weighted by atomic mass is 9.99. The molecule has 4 N–H and O–H groups in total. The average molecular weight is 848 g/mol. The number of aliphatic hydroxyl groups is 3. The van der Waals surface area contributed by atoms with Gasteiger partial charge in [-0.25, -0.2) is 0 Å². The van der Waals surface area contributed by atoms with Crippen LogP contribution in [0.5, 0.6) is 0 Å². The van der Waals surface area contributed by atoms with Crippen LogP contribution in [0.2, 0.25) is 0 Å². The Morgan fingerprint density at radius 3 is 0.967 bits per heavy atom. The minimum atomic E-state index is -1.13. The minimum absolute atomic E-state index is 0.139. The Balaban J connectivity index is 3.49. The van der Waals surface area contributed by atoms with Gasteiger partial charge in [-0.05, 0) is 38.5 Å². The molecule has 60 heavy (non-hydrogen) atoms. The maximum atomic E-state index is 12.5. The summed E-state index contributed by atoms with van der Waals surface area (Å²) in [5.74, 6) is -0.139. The van der Waals surface area contributed by atoms with E-state index in [1.165, 1.54) is 250 Å². The monoisotopic (exact) mass is 848 g/mol. The molecule has 0 aliphatic carbocycles. The van der Waals surface area contributed by atoms with E-state index in [1.807, 2.05) is 0 Å². The summed E-state index contributed by atoms with van der Waals surface area (Å²) < 4.78 is 0. The fraction of sp³-hybridized carbons (Fsp3) is 0.945. The van der Waals surface area contributed by atoms with Crippen LogP contribution in [0.25, 0.3) is 0 Å². The van der Waals surface area contributed by atoms with Crippen LogP contribution in [0.3, 0.4) is 0 Å². The molecule has 3 unspecified atom stereocenters. The van der Waals surface area contributed by atoms with Crippen molar-refractivity contribution in [2.75, 3.05) is 6.61 Å². The first kappa shape index (κ1) is 59.1. The fourth-order valence-corrected chi connectivity index (χ4v) is 8.87. The number of allylic oxidation sites excluding steroid dienone is 2. The molecule has 0 saturated heterocycles. The third-order valence-corrected chi connectivity index (χ3v) is 13.1. The number of nitrogens with one attached hydrogen (secondary N) is 1. The zero-order valence-corrected chi connectivity index (χ0v) is 40.9. The largest absolute Gasteiger partial charge is 0.394 e. The van der Waals surface area contributed by atoms with Gasteiger partial charge < -0.3 is 20.6 Å². The number of hydrogen-bond donors (Lipinski definition) is 4. The molecule has 0 fully saturated rings. The first-order chi connectivity index (χ1) is 29.6. The lowest BCUT2D eigenvalue weighted by Gasteiger charge is -2.26. The van der Waals surface area contributed by atoms with E-state index in [-0.39, 0.29) is 12.5 Å². The Labute approximate surface area is 376 Å². The molecule has 0 spiro atoms. The molecule has 5 heteroatoms. The summed E-state index contributed by atoms with van der Waals surface area (Å²) in [7, 11) is 0. The highest BCUT2D eigenvalue weighted by molar-refractivity contribution is 5.76. The lowest BCUT2D eigenvalue weighted by Crippen LogP contribution is -2.50. The predicted molar refractivity (Wildman–Crippen MR) is 264 cm³/mol. The van der Waals surface area contributed by atoms with Gasteiger partial charge in [-0.2, -0.15) is 0 Å². The lowest BCUT2D eigenvalue weighted by molar-refractivity contribution is -0.124. The number of carbonyl (C=O) groups is 1. The molecule has 3 atom stereocenters. The number of hydrogen-bond acceptors (Lipinski definition) is 4. The van der Waals surface area contributed by atoms with Crippen LogP contribution in [-0.4, -0.2) is 46.1 Å². The number of unbranched alkanes of at least 4 members (excludes halogenated alkanes) is 41. The molecule has 358 valence electrons. The van der Waals surface area contributed by atoms with Crippen LogP contribution in [0.4, 0.5) is 0 Å². The SMILES string of the molecule is CCCCCCCCCCCCCC/C=C\CCCCCCCCCCCCCCCCC(=O)NC(CO)C(O)C(O)CCCCCCCCCCCCCCCCCC. The van der Waals surface area contributed by atoms with Crippen molar-refractivity contribution in [2.24, 2.45) is 0 Å². The molecular formula is C55H109NO4. The fourth-order valence-electron chi connectivity index (χ4n) is 8.87. The van der Waals surface area contributed by atoms with Gasteiger partial charge in [-0.15, -0.1) is 0 Å². The van der Waals surface area contributed by atoms with Crippen molar-refractivity contribution in [3.63, 3.8) is 0 Å². The van der Waals surface area contributed by atoms with Gasteiger partial charge in [-0.3, -0.25) is 4.79 Å². The Hall–Kier alpha value is -0.910. The van der Waals surface area contributed by atoms with E-state index in [0.717, 1.165) is 32.1 Å². The smallest absolute Gasteiger partial charge is 0.220 e. The molecule has 0 aliphatic heterocycles. The maximum absolute atomic E-state index is 12.5. The van der Waals surface area contributed by atoms with Gasteiger partial charge in [-0.1, -0.05) is 276 Å². The van der Waals surface area contributed by atoms with E-state index in [1.54, 1.807) is 0 Å². The summed E-state index contributed by atoms with van der Waals surface area (Å²) in [6.45, 7) is 4.21. The van der Waals surface area contributed by atoms with E-state index in [0.29, 0.717) is 12.8 Å². The van der Waals surface area contributed by atoms with Crippen LogP contribution in [-0.2, 0) is 4.79 Å². The van der Waals surface area contributed by atoms with E-state index in [2.05, 4.69) is 31.3 Å². The zero-order chi connectivity index (χ0) is 43.7. The highest BCUT2D eigenvalue weighted by Gasteiger charge is 2.26. The third kappa shape index (κ3) is 45.1. The van der Waals surface area contributed by atoms with Gasteiger partial charge in [0.2, 0.25) is 5.91 Å². The van der Waals surface area contributed by atoms with E-state index < -0.39 is 18.2 Å². The third-order valence-electron chi connectivity index (χ3n) is 13.1. The van der Waals surface area contributed by atoms with Crippen molar-refractivity contribution in [1.82, 2.24) is 5.32 Å². The Kier molecular flexibility index (Phi) is 50.0. The predicted octanol–water partition coefficient (Wildman–Crippen LogP) is 16.7. The molecule has 0 aromatic heterocycles. The van der Waals surface area contributed by atoms with E-state index in [4.69, 9.17) is 0 Å². The van der Waals surface area contributed by atoms with Crippen molar-refractivity contribution in [2.45, 2.75) is 327 Å². The second-order valence-corrected chi connectivity index (χ2v) is 19.1. The molecule has 0 aromatic carbocycles. The quantitative estimate of drug-likeness (QED) is 0.0363. The van der Waals surface area contributed by atoms with Gasteiger partial charge >= 0.3 is 0 Å². The summed E-state index contributed by atoms with van der Waals surface area (Å²) in [6, 6.07) is -0.806. The molecule has 0 rings (SSSR count). The van der Waals surface area contributed by atoms with Crippen molar-refractivity contribution < 1.29 is 20.1 Å². The second kappa shape index (κ2) is 50.7. The summed E-state index contributed by atoms with van der Waals surface area (Å²) in [4.78, 5) is 12.5. The zero-order valence-electron chi connectivity index (χ0n) is 40.9. The van der Waals surface area contributed by atoms with Crippen molar-refractivity contribution in [3.8, 4) is 0 Å². The molecule has 0 aromatic rings. The molecule has 0 heterocycles. The first-order valence-corrected chi connectivity index (χ1v) is 27.5. The molecule has 0 saturated carbocycles. The number of rotatable bonds is 51. The highest BCUT2D eigenvalue weighted by atomic mass is 16.3. The van der Waals surface area contributed by atoms with Crippen LogP contribution >= 0.6 is 0 Å². The van der Waals surface area contributed by atoms with Crippen LogP contribution in [0, 0.1) is 0 Å². The Morgan fingerprint density at radius 2 is 0.667 bits per heavy atom. The van der Waals surface area contributed by atoms with Gasteiger partial charge in [0.15, 0.2) is 0 Å². The first-order valence-electron chi connectivity index (χ1n) is 27.5. The Morgan fingerprint density at radius 1 is 0.400 bits per heavy atom. The van der Waals surface area contributed by atoms with Gasteiger partial charge in [0.05, 0.1) is 18.8 Å². The average Bonchev–Trinajstić information content (AvgIpc) is 3.25. The summed E-state index contributed by atoms with van der Waals surface area (Å²) in [6.07, 6.45) is 62.2. The van der Waals surface area contributed by atoms with Gasteiger partial charge in [0.1, 0.15) is 6.10 Å². The Bertz CT molecular complexity index is 848. The minimum Gasteiger partial charge on any atom is -0.394 e. The second-order valence-electron chi connectivity index (χ2n) is 19.1. The molecule has 0 bridgehead atoms. The van der Waals surface area contributed by atoms with Crippen LogP contribution in [0.15, 0.2) is 12.2 Å².